The lowest BCUT2D eigenvalue weighted by molar-refractivity contribution is 0.112. The van der Waals surface area contributed by atoms with Gasteiger partial charge in [0.2, 0.25) is 0 Å². The lowest BCUT2D eigenvalue weighted by atomic mass is 9.99. The van der Waals surface area contributed by atoms with Crippen LogP contribution in [0.3, 0.4) is 0 Å². The van der Waals surface area contributed by atoms with Gasteiger partial charge in [0.15, 0.2) is 0 Å². The number of hydrogen-bond donors (Lipinski definition) is 2. The molecule has 3 aromatic carbocycles. The largest absolute Gasteiger partial charge is 0.465 e. The molecule has 0 bridgehead atoms. The van der Waals surface area contributed by atoms with Crippen molar-refractivity contribution in [3.05, 3.63) is 77.9 Å². The summed E-state index contributed by atoms with van der Waals surface area (Å²) in [6.07, 6.45) is 1.27. The minimum absolute atomic E-state index is 0.568. The first-order chi connectivity index (χ1) is 14.6. The highest BCUT2D eigenvalue weighted by atomic mass is 16.4. The Kier molecular flexibility index (Phi) is 5.52. The van der Waals surface area contributed by atoms with Crippen molar-refractivity contribution in [2.75, 3.05) is 5.32 Å². The molecule has 0 radical (unpaired) electrons. The molecule has 30 heavy (non-hydrogen) atoms. The molecule has 2 N–H and O–H groups in total. The maximum Gasteiger partial charge on any atom is 0.409 e. The second-order valence-electron chi connectivity index (χ2n) is 6.96. The number of nitrogens with one attached hydrogen (secondary N) is 1. The molecule has 4 aromatic rings. The van der Waals surface area contributed by atoms with Crippen LogP contribution in [0, 0.1) is 0 Å². The maximum atomic E-state index is 11.3. The van der Waals surface area contributed by atoms with E-state index in [-0.39, 0.29) is 0 Å². The van der Waals surface area contributed by atoms with Crippen LogP contribution in [0.5, 0.6) is 0 Å². The summed E-state index contributed by atoms with van der Waals surface area (Å²) in [5.74, 6) is 0. The number of nitrogens with zero attached hydrogens (tertiary/aromatic N) is 3. The maximum absolute atomic E-state index is 11.3. The van der Waals surface area contributed by atoms with Gasteiger partial charge >= 0.3 is 6.09 Å². The lowest BCUT2D eigenvalue weighted by Crippen LogP contribution is -2.09. The van der Waals surface area contributed by atoms with E-state index >= 15 is 0 Å². The smallest absolute Gasteiger partial charge is 0.409 e. The Labute approximate surface area is 173 Å². The highest BCUT2D eigenvalue weighted by molar-refractivity contribution is 5.90. The summed E-state index contributed by atoms with van der Waals surface area (Å²) in [5.41, 5.74) is 5.55. The minimum atomic E-state index is -1.09. The van der Waals surface area contributed by atoms with Crippen molar-refractivity contribution in [2.45, 2.75) is 19.4 Å². The number of anilines is 1. The third kappa shape index (κ3) is 4.20. The second kappa shape index (κ2) is 8.57. The number of amides is 1. The molecule has 0 aliphatic heterocycles. The molecule has 0 aliphatic rings. The number of rotatable bonds is 7. The fraction of sp³-hybridized carbons (Fsp3) is 0.130. The van der Waals surface area contributed by atoms with Crippen LogP contribution in [-0.4, -0.2) is 32.5 Å². The number of aromatic nitrogens is 3. The number of carboxylic acid groups (broad SMARTS) is 1. The van der Waals surface area contributed by atoms with Crippen LogP contribution < -0.4 is 5.32 Å². The van der Waals surface area contributed by atoms with E-state index in [1.807, 2.05) is 59.3 Å². The normalized spacial score (nSPS) is 10.8. The standard InChI is InChI=1S/C23H20N4O3/c28-15-17-9-11-22-21(14-17)25-26-27(22)12-4-5-16-8-10-19(18-6-2-1-3-7-18)20(13-16)24-23(29)30/h1-3,6-11,13-15,24H,4-5,12H2,(H,29,30). The van der Waals surface area contributed by atoms with E-state index in [0.29, 0.717) is 23.3 Å². The summed E-state index contributed by atoms with van der Waals surface area (Å²) >= 11 is 0. The zero-order valence-corrected chi connectivity index (χ0v) is 16.2. The van der Waals surface area contributed by atoms with Crippen molar-refractivity contribution in [2.24, 2.45) is 0 Å². The van der Waals surface area contributed by atoms with E-state index < -0.39 is 6.09 Å². The van der Waals surface area contributed by atoms with Gasteiger partial charge in [-0.05, 0) is 48.2 Å². The topological polar surface area (TPSA) is 97.1 Å². The van der Waals surface area contributed by atoms with Gasteiger partial charge in [-0.25, -0.2) is 9.48 Å². The third-order valence-electron chi connectivity index (χ3n) is 4.92. The summed E-state index contributed by atoms with van der Waals surface area (Å²) in [5, 5.41) is 20.0. The van der Waals surface area contributed by atoms with Gasteiger partial charge in [-0.2, -0.15) is 0 Å². The summed E-state index contributed by atoms with van der Waals surface area (Å²) in [7, 11) is 0. The van der Waals surface area contributed by atoms with E-state index in [2.05, 4.69) is 15.6 Å². The number of benzene rings is 3. The zero-order chi connectivity index (χ0) is 20.9. The number of aryl methyl sites for hydroxylation is 2. The number of hydrogen-bond acceptors (Lipinski definition) is 4. The Hall–Kier alpha value is -4.00. The quantitative estimate of drug-likeness (QED) is 0.441. The van der Waals surface area contributed by atoms with Gasteiger partial charge in [-0.3, -0.25) is 10.1 Å². The summed E-state index contributed by atoms with van der Waals surface area (Å²) in [6.45, 7) is 0.666. The van der Waals surface area contributed by atoms with E-state index in [1.165, 1.54) is 0 Å². The molecule has 1 heterocycles. The number of fused-ring (bicyclic) bond motifs is 1. The Morgan fingerprint density at radius 3 is 2.67 bits per heavy atom. The Morgan fingerprint density at radius 1 is 1.07 bits per heavy atom. The molecule has 0 atom stereocenters. The molecule has 7 nitrogen and oxygen atoms in total. The van der Waals surface area contributed by atoms with Gasteiger partial charge in [0, 0.05) is 17.7 Å². The van der Waals surface area contributed by atoms with Crippen molar-refractivity contribution < 1.29 is 14.7 Å². The van der Waals surface area contributed by atoms with Crippen LogP contribution in [0.4, 0.5) is 10.5 Å². The third-order valence-corrected chi connectivity index (χ3v) is 4.92. The molecule has 0 unspecified atom stereocenters. The van der Waals surface area contributed by atoms with Crippen molar-refractivity contribution in [1.82, 2.24) is 15.0 Å². The van der Waals surface area contributed by atoms with Gasteiger partial charge in [-0.15, -0.1) is 5.10 Å². The van der Waals surface area contributed by atoms with Crippen molar-refractivity contribution in [3.8, 4) is 11.1 Å². The second-order valence-corrected chi connectivity index (χ2v) is 6.96. The van der Waals surface area contributed by atoms with Crippen LogP contribution >= 0.6 is 0 Å². The van der Waals surface area contributed by atoms with Crippen LogP contribution in [-0.2, 0) is 13.0 Å². The van der Waals surface area contributed by atoms with Crippen LogP contribution in [0.1, 0.15) is 22.3 Å². The van der Waals surface area contributed by atoms with E-state index in [1.54, 1.807) is 12.1 Å². The van der Waals surface area contributed by atoms with Crippen LogP contribution in [0.25, 0.3) is 22.2 Å². The molecular formula is C23H20N4O3. The van der Waals surface area contributed by atoms with Gasteiger partial charge in [0.25, 0.3) is 0 Å². The highest BCUT2D eigenvalue weighted by Gasteiger charge is 2.10. The Morgan fingerprint density at radius 2 is 1.90 bits per heavy atom. The average molecular weight is 400 g/mol. The molecule has 0 saturated heterocycles. The van der Waals surface area contributed by atoms with E-state index in [0.717, 1.165) is 41.3 Å². The van der Waals surface area contributed by atoms with E-state index in [9.17, 15) is 14.7 Å². The lowest BCUT2D eigenvalue weighted by Gasteiger charge is -2.12. The SMILES string of the molecule is O=Cc1ccc2c(c1)nnn2CCCc1ccc(-c2ccccc2)c(NC(=O)O)c1. The van der Waals surface area contributed by atoms with Gasteiger partial charge in [-0.1, -0.05) is 47.7 Å². The molecule has 0 spiro atoms. The molecule has 0 fully saturated rings. The van der Waals surface area contributed by atoms with Crippen LogP contribution in [0.15, 0.2) is 66.7 Å². The number of aldehydes is 1. The van der Waals surface area contributed by atoms with Crippen molar-refractivity contribution in [1.29, 1.82) is 0 Å². The van der Waals surface area contributed by atoms with E-state index in [4.69, 9.17) is 0 Å². The molecular weight excluding hydrogens is 380 g/mol. The summed E-state index contributed by atoms with van der Waals surface area (Å²) in [4.78, 5) is 22.1. The first-order valence-electron chi connectivity index (χ1n) is 9.61. The molecule has 1 aromatic heterocycles. The molecule has 150 valence electrons. The number of carbonyl (C=O) groups excluding carboxylic acids is 1. The summed E-state index contributed by atoms with van der Waals surface area (Å²) in [6, 6.07) is 20.8. The first-order valence-corrected chi connectivity index (χ1v) is 9.61. The van der Waals surface area contributed by atoms with Crippen molar-refractivity contribution in [3.63, 3.8) is 0 Å². The molecule has 0 aliphatic carbocycles. The van der Waals surface area contributed by atoms with Gasteiger partial charge in [0.1, 0.15) is 11.8 Å². The first kappa shape index (κ1) is 19.3. The monoisotopic (exact) mass is 400 g/mol. The fourth-order valence-corrected chi connectivity index (χ4v) is 3.50. The molecule has 4 rings (SSSR count). The minimum Gasteiger partial charge on any atom is -0.465 e. The molecule has 0 saturated carbocycles. The molecule has 7 heteroatoms. The van der Waals surface area contributed by atoms with Crippen LogP contribution in [0.2, 0.25) is 0 Å². The predicted molar refractivity (Wildman–Crippen MR) is 115 cm³/mol. The van der Waals surface area contributed by atoms with Crippen molar-refractivity contribution >= 4 is 29.1 Å². The Bertz CT molecular complexity index is 1200. The molecule has 1 amide bonds. The Balaban J connectivity index is 1.49. The van der Waals surface area contributed by atoms with Gasteiger partial charge < -0.3 is 5.11 Å². The summed E-state index contributed by atoms with van der Waals surface area (Å²) < 4.78 is 1.82. The predicted octanol–water partition coefficient (Wildman–Crippen LogP) is 4.63. The number of carbonyl (C=O) groups is 2. The fourth-order valence-electron chi connectivity index (χ4n) is 3.50. The zero-order valence-electron chi connectivity index (χ0n) is 16.2. The van der Waals surface area contributed by atoms with Gasteiger partial charge in [0.05, 0.1) is 11.2 Å². The highest BCUT2D eigenvalue weighted by Crippen LogP contribution is 2.29. The average Bonchev–Trinajstić information content (AvgIpc) is 3.16.